The van der Waals surface area contributed by atoms with Gasteiger partial charge < -0.3 is 10.1 Å². The van der Waals surface area contributed by atoms with Crippen molar-refractivity contribution in [3.05, 3.63) is 95.6 Å². The number of thioether (sulfide) groups is 1. The van der Waals surface area contributed by atoms with E-state index >= 15 is 0 Å². The number of benzene rings is 3. The number of nitrogens with zero attached hydrogens (tertiary/aromatic N) is 3. The highest BCUT2D eigenvalue weighted by molar-refractivity contribution is 8.15. The molecule has 7 nitrogen and oxygen atoms in total. The number of carbonyl (C=O) groups excluding carboxylic acids is 2. The molecular formula is C28H26N4O3S. The first-order valence-corrected chi connectivity index (χ1v) is 12.6. The van der Waals surface area contributed by atoms with Gasteiger partial charge in [0.2, 0.25) is 5.91 Å². The van der Waals surface area contributed by atoms with Crippen molar-refractivity contribution in [2.24, 2.45) is 10.1 Å². The van der Waals surface area contributed by atoms with Crippen molar-refractivity contribution in [3.63, 3.8) is 0 Å². The van der Waals surface area contributed by atoms with Gasteiger partial charge in [0.1, 0.15) is 11.0 Å². The van der Waals surface area contributed by atoms with Gasteiger partial charge in [0.25, 0.3) is 5.91 Å². The molecule has 0 bridgehead atoms. The average molecular weight is 499 g/mol. The highest BCUT2D eigenvalue weighted by atomic mass is 32.2. The van der Waals surface area contributed by atoms with Gasteiger partial charge in [-0.05, 0) is 30.2 Å². The van der Waals surface area contributed by atoms with E-state index in [-0.39, 0.29) is 24.3 Å². The number of carbonyl (C=O) groups is 2. The second-order valence-electron chi connectivity index (χ2n) is 8.68. The Hall–Kier alpha value is -3.91. The lowest BCUT2D eigenvalue weighted by atomic mass is 9.98. The molecule has 2 aliphatic rings. The second kappa shape index (κ2) is 10.4. The number of hydrogen-bond acceptors (Lipinski definition) is 6. The van der Waals surface area contributed by atoms with Gasteiger partial charge in [-0.3, -0.25) is 9.59 Å². The topological polar surface area (TPSA) is 83.4 Å². The molecule has 2 heterocycles. The van der Waals surface area contributed by atoms with E-state index in [2.05, 4.69) is 41.5 Å². The van der Waals surface area contributed by atoms with E-state index in [0.717, 1.165) is 16.8 Å². The van der Waals surface area contributed by atoms with Crippen LogP contribution in [0.1, 0.15) is 35.6 Å². The van der Waals surface area contributed by atoms with Crippen molar-refractivity contribution in [1.82, 2.24) is 5.01 Å². The number of hydrogen-bond donors (Lipinski definition) is 1. The van der Waals surface area contributed by atoms with Crippen molar-refractivity contribution < 1.29 is 14.3 Å². The van der Waals surface area contributed by atoms with Crippen LogP contribution in [0, 0.1) is 6.92 Å². The number of aliphatic imine (C=N–C) groups is 1. The summed E-state index contributed by atoms with van der Waals surface area (Å²) in [5.74, 6) is -0.0306. The third kappa shape index (κ3) is 5.04. The number of para-hydroxylation sites is 2. The van der Waals surface area contributed by atoms with Crippen LogP contribution in [0.2, 0.25) is 0 Å². The Kier molecular flexibility index (Phi) is 6.86. The molecule has 2 atom stereocenters. The fourth-order valence-electron chi connectivity index (χ4n) is 4.26. The molecule has 8 heteroatoms. The summed E-state index contributed by atoms with van der Waals surface area (Å²) in [5, 5.41) is 9.48. The quantitative estimate of drug-likeness (QED) is 0.506. The molecular weight excluding hydrogens is 472 g/mol. The van der Waals surface area contributed by atoms with Crippen LogP contribution < -0.4 is 10.1 Å². The maximum absolute atomic E-state index is 12.8. The number of nitrogens with one attached hydrogen (secondary N) is 1. The lowest BCUT2D eigenvalue weighted by molar-refractivity contribution is -0.121. The fraction of sp³-hybridized carbons (Fsp3) is 0.214. The van der Waals surface area contributed by atoms with Gasteiger partial charge in [0.05, 0.1) is 24.6 Å². The van der Waals surface area contributed by atoms with Crippen molar-refractivity contribution in [3.8, 4) is 5.75 Å². The van der Waals surface area contributed by atoms with Gasteiger partial charge in [0.15, 0.2) is 5.17 Å². The zero-order chi connectivity index (χ0) is 25.1. The highest BCUT2D eigenvalue weighted by Gasteiger charge is 2.39. The molecule has 182 valence electrons. The van der Waals surface area contributed by atoms with Crippen molar-refractivity contribution >= 4 is 40.1 Å². The molecule has 2 aliphatic heterocycles. The van der Waals surface area contributed by atoms with Crippen LogP contribution in [0.15, 0.2) is 89.0 Å². The summed E-state index contributed by atoms with van der Waals surface area (Å²) in [5.41, 5.74) is 4.83. The molecule has 3 aromatic carbocycles. The van der Waals surface area contributed by atoms with Crippen molar-refractivity contribution in [2.75, 3.05) is 12.4 Å². The molecule has 0 fully saturated rings. The van der Waals surface area contributed by atoms with Crippen LogP contribution in [0.5, 0.6) is 5.75 Å². The van der Waals surface area contributed by atoms with Crippen LogP contribution in [0.4, 0.5) is 5.69 Å². The number of anilines is 1. The zero-order valence-corrected chi connectivity index (χ0v) is 20.9. The average Bonchev–Trinajstić information content (AvgIpc) is 3.49. The molecule has 36 heavy (non-hydrogen) atoms. The lowest BCUT2D eigenvalue weighted by Gasteiger charge is -2.23. The first-order valence-electron chi connectivity index (χ1n) is 11.7. The molecule has 2 amide bonds. The molecule has 0 aliphatic carbocycles. The van der Waals surface area contributed by atoms with Crippen LogP contribution in [0.25, 0.3) is 0 Å². The Morgan fingerprint density at radius 2 is 1.78 bits per heavy atom. The summed E-state index contributed by atoms with van der Waals surface area (Å²) in [6.07, 6.45) is 0.701. The second-order valence-corrected chi connectivity index (χ2v) is 9.85. The van der Waals surface area contributed by atoms with E-state index in [9.17, 15) is 9.59 Å². The van der Waals surface area contributed by atoms with E-state index in [1.54, 1.807) is 19.2 Å². The Morgan fingerprint density at radius 3 is 2.53 bits per heavy atom. The minimum absolute atomic E-state index is 0.00679. The molecule has 3 aromatic rings. The van der Waals surface area contributed by atoms with Crippen LogP contribution >= 0.6 is 11.8 Å². The van der Waals surface area contributed by atoms with Gasteiger partial charge in [-0.1, -0.05) is 84.1 Å². The SMILES string of the molecule is COc1ccccc1NC(=O)CC1SC(N2N=C(c3ccccc3)CC2c2ccc(C)cc2)=NC1=O. The first kappa shape index (κ1) is 23.8. The maximum Gasteiger partial charge on any atom is 0.262 e. The number of methoxy groups -OCH3 is 1. The normalized spacial score (nSPS) is 19.2. The van der Waals surface area contributed by atoms with E-state index in [4.69, 9.17) is 9.84 Å². The third-order valence-corrected chi connectivity index (χ3v) is 7.30. The Labute approximate surface area is 214 Å². The van der Waals surface area contributed by atoms with Gasteiger partial charge in [-0.2, -0.15) is 10.1 Å². The monoisotopic (exact) mass is 498 g/mol. The van der Waals surface area contributed by atoms with Gasteiger partial charge in [-0.25, -0.2) is 5.01 Å². The zero-order valence-electron chi connectivity index (χ0n) is 20.0. The number of amidine groups is 1. The molecule has 2 unspecified atom stereocenters. The van der Waals surface area contributed by atoms with Crippen LogP contribution in [-0.4, -0.2) is 40.1 Å². The maximum atomic E-state index is 12.8. The van der Waals surface area contributed by atoms with E-state index < -0.39 is 5.25 Å². The highest BCUT2D eigenvalue weighted by Crippen LogP contribution is 2.38. The Morgan fingerprint density at radius 1 is 1.06 bits per heavy atom. The lowest BCUT2D eigenvalue weighted by Crippen LogP contribution is -2.25. The number of rotatable bonds is 6. The fourth-order valence-corrected chi connectivity index (χ4v) is 5.32. The minimum atomic E-state index is -0.607. The smallest absolute Gasteiger partial charge is 0.262 e. The van der Waals surface area contributed by atoms with Crippen LogP contribution in [-0.2, 0) is 9.59 Å². The van der Waals surface area contributed by atoms with Crippen LogP contribution in [0.3, 0.4) is 0 Å². The molecule has 5 rings (SSSR count). The number of ether oxygens (including phenoxy) is 1. The van der Waals surface area contributed by atoms with Gasteiger partial charge in [0, 0.05) is 12.8 Å². The van der Waals surface area contributed by atoms with Crippen molar-refractivity contribution in [1.29, 1.82) is 0 Å². The standard InChI is InChI=1S/C28H26N4O3S/c1-18-12-14-20(15-13-18)23-16-22(19-8-4-3-5-9-19)31-32(23)28-30-27(34)25(36-28)17-26(33)29-21-10-6-7-11-24(21)35-2/h3-15,23,25H,16-17H2,1-2H3,(H,29,33). The summed E-state index contributed by atoms with van der Waals surface area (Å²) >= 11 is 1.29. The largest absolute Gasteiger partial charge is 0.495 e. The first-order chi connectivity index (χ1) is 17.5. The summed E-state index contributed by atoms with van der Waals surface area (Å²) in [6, 6.07) is 25.5. The molecule has 1 N–H and O–H groups in total. The number of aryl methyl sites for hydroxylation is 1. The molecule has 0 radical (unpaired) electrons. The molecule has 0 aromatic heterocycles. The summed E-state index contributed by atoms with van der Waals surface area (Å²) in [4.78, 5) is 29.9. The third-order valence-electron chi connectivity index (χ3n) is 6.16. The van der Waals surface area contributed by atoms with E-state index in [0.29, 0.717) is 23.0 Å². The summed E-state index contributed by atoms with van der Waals surface area (Å²) < 4.78 is 5.30. The Balaban J connectivity index is 1.34. The molecule has 0 saturated heterocycles. The summed E-state index contributed by atoms with van der Waals surface area (Å²) in [7, 11) is 1.55. The van der Waals surface area contributed by atoms with Crippen molar-refractivity contribution in [2.45, 2.75) is 31.1 Å². The Bertz CT molecular complexity index is 1340. The number of amides is 2. The van der Waals surface area contributed by atoms with E-state index in [1.165, 1.54) is 17.3 Å². The van der Waals surface area contributed by atoms with E-state index in [1.807, 2.05) is 47.5 Å². The summed E-state index contributed by atoms with van der Waals surface area (Å²) in [6.45, 7) is 2.05. The predicted molar refractivity (Wildman–Crippen MR) is 143 cm³/mol. The molecule has 0 saturated carbocycles. The minimum Gasteiger partial charge on any atom is -0.495 e. The number of hydrazone groups is 1. The predicted octanol–water partition coefficient (Wildman–Crippen LogP) is 5.18. The van der Waals surface area contributed by atoms with Gasteiger partial charge >= 0.3 is 0 Å². The van der Waals surface area contributed by atoms with Gasteiger partial charge in [-0.15, -0.1) is 0 Å². The molecule has 0 spiro atoms.